The first kappa shape index (κ1) is 15.4. The lowest BCUT2D eigenvalue weighted by Gasteiger charge is -2.39. The van der Waals surface area contributed by atoms with E-state index in [4.69, 9.17) is 4.74 Å². The van der Waals surface area contributed by atoms with Crippen molar-refractivity contribution in [3.63, 3.8) is 0 Å². The van der Waals surface area contributed by atoms with E-state index in [0.717, 1.165) is 31.7 Å². The molecule has 6 nitrogen and oxygen atoms in total. The summed E-state index contributed by atoms with van der Waals surface area (Å²) in [6.45, 7) is 2.84. The van der Waals surface area contributed by atoms with Crippen molar-refractivity contribution in [2.45, 2.75) is 63.5 Å². The van der Waals surface area contributed by atoms with Gasteiger partial charge in [-0.1, -0.05) is 25.7 Å². The Bertz CT molecular complexity index is 398. The summed E-state index contributed by atoms with van der Waals surface area (Å²) in [5.41, 5.74) is -0.0841. The van der Waals surface area contributed by atoms with E-state index in [9.17, 15) is 0 Å². The fourth-order valence-electron chi connectivity index (χ4n) is 3.35. The Kier molecular flexibility index (Phi) is 5.48. The van der Waals surface area contributed by atoms with Crippen LogP contribution in [0, 0.1) is 0 Å². The molecule has 0 spiro atoms. The zero-order valence-electron chi connectivity index (χ0n) is 12.9. The van der Waals surface area contributed by atoms with Crippen LogP contribution in [-0.4, -0.2) is 45.5 Å². The molecule has 114 valence electrons. The van der Waals surface area contributed by atoms with Crippen LogP contribution in [0.25, 0.3) is 0 Å². The van der Waals surface area contributed by atoms with Crippen molar-refractivity contribution in [2.24, 2.45) is 7.05 Å². The van der Waals surface area contributed by atoms with Crippen molar-refractivity contribution < 1.29 is 4.74 Å². The minimum absolute atomic E-state index is 0.0841. The average Bonchev–Trinajstić information content (AvgIpc) is 2.71. The fraction of sp³-hybridized carbons (Fsp3) is 0.929. The Morgan fingerprint density at radius 3 is 2.50 bits per heavy atom. The predicted molar refractivity (Wildman–Crippen MR) is 77.4 cm³/mol. The molecule has 1 aliphatic carbocycles. The first-order valence-corrected chi connectivity index (χ1v) is 7.74. The smallest absolute Gasteiger partial charge is 0.176 e. The maximum atomic E-state index is 6.24. The first-order valence-electron chi connectivity index (χ1n) is 7.74. The van der Waals surface area contributed by atoms with Crippen molar-refractivity contribution in [2.75, 3.05) is 13.7 Å². The lowest BCUT2D eigenvalue weighted by atomic mass is 9.84. The molecule has 20 heavy (non-hydrogen) atoms. The molecule has 1 unspecified atom stereocenters. The number of nitrogens with one attached hydrogen (secondary N) is 1. The number of rotatable bonds is 6. The molecule has 1 heterocycles. The molecule has 1 aliphatic rings. The number of hydrogen-bond donors (Lipinski definition) is 1. The highest BCUT2D eigenvalue weighted by Crippen LogP contribution is 2.34. The third kappa shape index (κ3) is 3.55. The number of tetrazole rings is 1. The summed E-state index contributed by atoms with van der Waals surface area (Å²) in [7, 11) is 3.81. The largest absolute Gasteiger partial charge is 0.374 e. The van der Waals surface area contributed by atoms with Gasteiger partial charge in [-0.2, -0.15) is 4.80 Å². The van der Waals surface area contributed by atoms with Gasteiger partial charge in [-0.15, -0.1) is 10.2 Å². The summed E-state index contributed by atoms with van der Waals surface area (Å²) in [5, 5.41) is 15.8. The number of hydrogen-bond acceptors (Lipinski definition) is 5. The zero-order chi connectivity index (χ0) is 14.4. The summed E-state index contributed by atoms with van der Waals surface area (Å²) in [4.78, 5) is 1.52. The van der Waals surface area contributed by atoms with Gasteiger partial charge in [0.05, 0.1) is 12.6 Å². The van der Waals surface area contributed by atoms with Crippen LogP contribution in [0.15, 0.2) is 0 Å². The molecule has 1 N–H and O–H groups in total. The lowest BCUT2D eigenvalue weighted by molar-refractivity contribution is -0.0756. The number of likely N-dealkylation sites (N-methyl/N-ethyl adjacent to an activating group) is 1. The summed E-state index contributed by atoms with van der Waals surface area (Å²) in [5.74, 6) is 0.787. The van der Waals surface area contributed by atoms with Crippen molar-refractivity contribution >= 4 is 0 Å². The molecule has 0 bridgehead atoms. The van der Waals surface area contributed by atoms with Crippen molar-refractivity contribution in [3.05, 3.63) is 5.82 Å². The summed E-state index contributed by atoms with van der Waals surface area (Å²) >= 11 is 0. The van der Waals surface area contributed by atoms with E-state index in [2.05, 4.69) is 27.7 Å². The van der Waals surface area contributed by atoms with Gasteiger partial charge in [0.2, 0.25) is 0 Å². The van der Waals surface area contributed by atoms with Crippen LogP contribution in [-0.2, 0) is 18.2 Å². The summed E-state index contributed by atoms with van der Waals surface area (Å²) < 4.78 is 6.24. The highest BCUT2D eigenvalue weighted by Gasteiger charge is 2.39. The Hall–Kier alpha value is -1.01. The maximum Gasteiger partial charge on any atom is 0.176 e. The van der Waals surface area contributed by atoms with E-state index < -0.39 is 0 Å². The normalized spacial score (nSPS) is 20.6. The van der Waals surface area contributed by atoms with Crippen LogP contribution in [0.4, 0.5) is 0 Å². The van der Waals surface area contributed by atoms with Gasteiger partial charge in [-0.25, -0.2) is 0 Å². The quantitative estimate of drug-likeness (QED) is 0.800. The second-order valence-corrected chi connectivity index (χ2v) is 5.65. The summed E-state index contributed by atoms with van der Waals surface area (Å²) in [6.07, 6.45) is 8.12. The Labute approximate surface area is 121 Å². The Morgan fingerprint density at radius 2 is 2.00 bits per heavy atom. The van der Waals surface area contributed by atoms with Gasteiger partial charge >= 0.3 is 0 Å². The van der Waals surface area contributed by atoms with Crippen molar-refractivity contribution in [3.8, 4) is 0 Å². The van der Waals surface area contributed by atoms with E-state index in [1.807, 2.05) is 7.05 Å². The van der Waals surface area contributed by atoms with Gasteiger partial charge in [0.1, 0.15) is 0 Å². The fourth-order valence-corrected chi connectivity index (χ4v) is 3.35. The van der Waals surface area contributed by atoms with Crippen LogP contribution in [0.2, 0.25) is 0 Å². The van der Waals surface area contributed by atoms with Crippen molar-refractivity contribution in [1.82, 2.24) is 25.5 Å². The molecule has 1 aromatic rings. The van der Waals surface area contributed by atoms with Crippen LogP contribution < -0.4 is 5.32 Å². The SMILES string of the molecule is CCOC1(C(Cc2nnn(C)n2)NC)CCCCCC1. The first-order chi connectivity index (χ1) is 9.70. The molecular formula is C14H27N5O. The van der Waals surface area contributed by atoms with Crippen molar-refractivity contribution in [1.29, 1.82) is 0 Å². The monoisotopic (exact) mass is 281 g/mol. The van der Waals surface area contributed by atoms with Gasteiger partial charge in [0, 0.05) is 19.1 Å². The topological polar surface area (TPSA) is 64.9 Å². The lowest BCUT2D eigenvalue weighted by Crippen LogP contribution is -2.52. The van der Waals surface area contributed by atoms with E-state index in [1.165, 1.54) is 30.5 Å². The zero-order valence-corrected chi connectivity index (χ0v) is 12.9. The standard InChI is InChI=1S/C14H27N5O/c1-4-20-14(9-7-5-6-8-10-14)12(15-2)11-13-16-18-19(3)17-13/h12,15H,4-11H2,1-3H3. The highest BCUT2D eigenvalue weighted by molar-refractivity contribution is 4.99. The van der Waals surface area contributed by atoms with E-state index in [1.54, 1.807) is 7.05 Å². The third-order valence-electron chi connectivity index (χ3n) is 4.30. The molecule has 1 atom stereocenters. The van der Waals surface area contributed by atoms with Gasteiger partial charge in [0.25, 0.3) is 0 Å². The van der Waals surface area contributed by atoms with Crippen LogP contribution >= 0.6 is 0 Å². The van der Waals surface area contributed by atoms with Crippen LogP contribution in [0.5, 0.6) is 0 Å². The molecule has 0 saturated heterocycles. The van der Waals surface area contributed by atoms with E-state index in [0.29, 0.717) is 0 Å². The molecule has 2 rings (SSSR count). The highest BCUT2D eigenvalue weighted by atomic mass is 16.5. The molecule has 1 saturated carbocycles. The molecule has 0 aromatic carbocycles. The van der Waals surface area contributed by atoms with Gasteiger partial charge in [-0.05, 0) is 32.0 Å². The Balaban J connectivity index is 2.15. The van der Waals surface area contributed by atoms with E-state index >= 15 is 0 Å². The Morgan fingerprint density at radius 1 is 1.30 bits per heavy atom. The molecule has 0 amide bonds. The molecule has 1 aromatic heterocycles. The van der Waals surface area contributed by atoms with E-state index in [-0.39, 0.29) is 11.6 Å². The number of nitrogens with zero attached hydrogens (tertiary/aromatic N) is 4. The van der Waals surface area contributed by atoms with Crippen LogP contribution in [0.3, 0.4) is 0 Å². The second kappa shape index (κ2) is 7.13. The summed E-state index contributed by atoms with van der Waals surface area (Å²) in [6, 6.07) is 0.241. The molecular weight excluding hydrogens is 254 g/mol. The molecule has 1 fully saturated rings. The minimum atomic E-state index is -0.0841. The molecule has 6 heteroatoms. The predicted octanol–water partition coefficient (Wildman–Crippen LogP) is 1.47. The van der Waals surface area contributed by atoms with Crippen LogP contribution in [0.1, 0.15) is 51.3 Å². The third-order valence-corrected chi connectivity index (χ3v) is 4.30. The molecule has 0 aliphatic heterocycles. The maximum absolute atomic E-state index is 6.24. The number of ether oxygens (including phenoxy) is 1. The second-order valence-electron chi connectivity index (χ2n) is 5.65. The minimum Gasteiger partial charge on any atom is -0.374 e. The average molecular weight is 281 g/mol. The van der Waals surface area contributed by atoms with Gasteiger partial charge in [-0.3, -0.25) is 0 Å². The van der Waals surface area contributed by atoms with Gasteiger partial charge in [0.15, 0.2) is 5.82 Å². The molecule has 0 radical (unpaired) electrons. The number of aromatic nitrogens is 4. The van der Waals surface area contributed by atoms with Gasteiger partial charge < -0.3 is 10.1 Å². The number of aryl methyl sites for hydroxylation is 1.